The zero-order valence-electron chi connectivity index (χ0n) is 17.7. The predicted octanol–water partition coefficient (Wildman–Crippen LogP) is 1.64. The molecule has 0 fully saturated rings. The molecule has 11 heteroatoms. The maximum atomic E-state index is 15.6. The van der Waals surface area contributed by atoms with Crippen molar-refractivity contribution < 1.29 is 48.6 Å². The van der Waals surface area contributed by atoms with Gasteiger partial charge in [0.25, 0.3) is 6.29 Å². The number of fused-ring (bicyclic) bond motifs is 4. The van der Waals surface area contributed by atoms with Crippen LogP contribution >= 0.6 is 0 Å². The highest BCUT2D eigenvalue weighted by Gasteiger charge is 2.48. The Morgan fingerprint density at radius 3 is 2.63 bits per heavy atom. The number of hydrogen-bond acceptors (Lipinski definition) is 9. The first kappa shape index (κ1) is 22.5. The van der Waals surface area contributed by atoms with Crippen LogP contribution in [0.5, 0.6) is 5.75 Å². The van der Waals surface area contributed by atoms with E-state index in [-0.39, 0.29) is 35.0 Å². The Morgan fingerprint density at radius 2 is 1.89 bits per heavy atom. The van der Waals surface area contributed by atoms with E-state index in [4.69, 9.17) is 14.9 Å². The van der Waals surface area contributed by atoms with Crippen molar-refractivity contribution in [1.82, 2.24) is 4.57 Å². The summed E-state index contributed by atoms with van der Waals surface area (Å²) in [5, 5.41) is 29.8. The van der Waals surface area contributed by atoms with E-state index < -0.39 is 35.4 Å². The van der Waals surface area contributed by atoms with Gasteiger partial charge in [0.1, 0.15) is 5.75 Å². The third kappa shape index (κ3) is 3.49. The summed E-state index contributed by atoms with van der Waals surface area (Å²) in [6.07, 6.45) is -2.39. The van der Waals surface area contributed by atoms with Gasteiger partial charge in [-0.2, -0.15) is 0 Å². The molecule has 0 radical (unpaired) electrons. The monoisotopic (exact) mass is 481 g/mol. The SMILES string of the molecule is O=Cc1cc2c3c4ccccc4n(c3c1F)Cc1cccc(c1)OC2(O)C(=O)OOC(=O)C(O)O. The minimum Gasteiger partial charge on any atom is -0.448 e. The van der Waals surface area contributed by atoms with Gasteiger partial charge < -0.3 is 24.6 Å². The highest BCUT2D eigenvalue weighted by molar-refractivity contribution is 6.12. The van der Waals surface area contributed by atoms with Crippen molar-refractivity contribution in [2.24, 2.45) is 0 Å². The van der Waals surface area contributed by atoms with Crippen molar-refractivity contribution in [1.29, 1.82) is 0 Å². The average Bonchev–Trinajstić information content (AvgIpc) is 3.16. The number of carbonyl (C=O) groups excluding carboxylic acids is 3. The molecule has 4 aromatic rings. The van der Waals surface area contributed by atoms with Crippen LogP contribution in [0.25, 0.3) is 21.8 Å². The van der Waals surface area contributed by atoms with E-state index in [0.29, 0.717) is 16.5 Å². The molecule has 0 amide bonds. The molecule has 2 heterocycles. The number of aliphatic hydroxyl groups is 3. The lowest BCUT2D eigenvalue weighted by Gasteiger charge is -2.28. The lowest BCUT2D eigenvalue weighted by Crippen LogP contribution is -2.44. The second-order valence-corrected chi connectivity index (χ2v) is 7.81. The van der Waals surface area contributed by atoms with Gasteiger partial charge in [-0.25, -0.2) is 23.8 Å². The summed E-state index contributed by atoms with van der Waals surface area (Å²) in [4.78, 5) is 44.7. The van der Waals surface area contributed by atoms with Crippen molar-refractivity contribution in [3.63, 3.8) is 0 Å². The molecule has 6 bridgehead atoms. The Kier molecular flexibility index (Phi) is 5.24. The molecular weight excluding hydrogens is 465 g/mol. The molecule has 1 unspecified atom stereocenters. The fourth-order valence-electron chi connectivity index (χ4n) is 4.19. The van der Waals surface area contributed by atoms with Gasteiger partial charge in [-0.3, -0.25) is 4.79 Å². The lowest BCUT2D eigenvalue weighted by molar-refractivity contribution is -0.296. The van der Waals surface area contributed by atoms with Crippen molar-refractivity contribution >= 4 is 40.0 Å². The zero-order chi connectivity index (χ0) is 24.9. The summed E-state index contributed by atoms with van der Waals surface area (Å²) in [7, 11) is 0. The number of rotatable bonds is 3. The third-order valence-corrected chi connectivity index (χ3v) is 5.69. The standard InChI is InChI=1S/C24H16FNO9/c25-19-13(11-27)9-16-18-15-6-1-2-7-17(15)26(20(18)19)10-12-4-3-5-14(8-12)33-24(16,32)23(31)35-34-22(30)21(28)29/h1-9,11,21,28-29,32H,10H2. The van der Waals surface area contributed by atoms with Gasteiger partial charge in [0, 0.05) is 28.4 Å². The van der Waals surface area contributed by atoms with E-state index >= 15 is 4.39 Å². The first-order chi connectivity index (χ1) is 16.7. The van der Waals surface area contributed by atoms with Crippen LogP contribution in [0.2, 0.25) is 0 Å². The number of hydrogen-bond donors (Lipinski definition) is 3. The van der Waals surface area contributed by atoms with Crippen LogP contribution in [0.4, 0.5) is 4.39 Å². The molecule has 0 aliphatic carbocycles. The molecule has 10 nitrogen and oxygen atoms in total. The first-order valence-electron chi connectivity index (χ1n) is 10.2. The fourth-order valence-corrected chi connectivity index (χ4v) is 4.19. The van der Waals surface area contributed by atoms with Crippen molar-refractivity contribution in [2.75, 3.05) is 0 Å². The Balaban J connectivity index is 1.86. The Labute approximate surface area is 195 Å². The van der Waals surface area contributed by atoms with Crippen molar-refractivity contribution in [3.05, 3.63) is 77.1 Å². The summed E-state index contributed by atoms with van der Waals surface area (Å²) in [5.41, 5.74) is 0.261. The van der Waals surface area contributed by atoms with Crippen LogP contribution in [0.3, 0.4) is 0 Å². The number of aromatic nitrogens is 1. The lowest BCUT2D eigenvalue weighted by atomic mass is 9.95. The number of halogens is 1. The summed E-state index contributed by atoms with van der Waals surface area (Å²) in [6, 6.07) is 13.9. The molecule has 35 heavy (non-hydrogen) atoms. The number of carbonyl (C=O) groups is 3. The number of para-hydroxylation sites is 1. The van der Waals surface area contributed by atoms with Gasteiger partial charge >= 0.3 is 17.7 Å². The van der Waals surface area contributed by atoms with E-state index in [1.165, 1.54) is 12.1 Å². The van der Waals surface area contributed by atoms with Crippen molar-refractivity contribution in [2.45, 2.75) is 18.6 Å². The highest BCUT2D eigenvalue weighted by atomic mass is 19.1. The molecule has 1 aliphatic heterocycles. The molecule has 3 aromatic carbocycles. The smallest absolute Gasteiger partial charge is 0.431 e. The summed E-state index contributed by atoms with van der Waals surface area (Å²) in [5.74, 6) is -7.36. The zero-order valence-corrected chi connectivity index (χ0v) is 17.7. The predicted molar refractivity (Wildman–Crippen MR) is 115 cm³/mol. The molecule has 0 saturated carbocycles. The maximum absolute atomic E-state index is 15.6. The highest BCUT2D eigenvalue weighted by Crippen LogP contribution is 2.42. The molecule has 0 spiro atoms. The van der Waals surface area contributed by atoms with Gasteiger partial charge in [-0.05, 0) is 29.8 Å². The van der Waals surface area contributed by atoms with Crippen LogP contribution in [0.1, 0.15) is 21.5 Å². The quantitative estimate of drug-likeness (QED) is 0.172. The van der Waals surface area contributed by atoms with Crippen LogP contribution in [-0.4, -0.2) is 44.4 Å². The van der Waals surface area contributed by atoms with Gasteiger partial charge in [0.05, 0.1) is 11.1 Å². The first-order valence-corrected chi connectivity index (χ1v) is 10.2. The van der Waals surface area contributed by atoms with Gasteiger partial charge in [-0.15, -0.1) is 0 Å². The number of aldehydes is 1. The topological polar surface area (TPSA) is 145 Å². The van der Waals surface area contributed by atoms with E-state index in [0.717, 1.165) is 6.07 Å². The van der Waals surface area contributed by atoms with E-state index in [1.807, 2.05) is 0 Å². The Hall–Kier alpha value is -4.32. The minimum atomic E-state index is -3.06. The maximum Gasteiger partial charge on any atom is 0.431 e. The number of nitrogens with zero attached hydrogens (tertiary/aromatic N) is 1. The molecule has 5 rings (SSSR count). The normalized spacial score (nSPS) is 16.8. The van der Waals surface area contributed by atoms with E-state index in [9.17, 15) is 19.5 Å². The van der Waals surface area contributed by atoms with Crippen molar-refractivity contribution in [3.8, 4) is 5.75 Å². The molecule has 1 atom stereocenters. The molecule has 1 aliphatic rings. The van der Waals surface area contributed by atoms with Crippen LogP contribution < -0.4 is 4.74 Å². The van der Waals surface area contributed by atoms with Gasteiger partial charge in [0.2, 0.25) is 0 Å². The van der Waals surface area contributed by atoms with Crippen LogP contribution in [0, 0.1) is 5.82 Å². The second-order valence-electron chi connectivity index (χ2n) is 7.81. The molecular formula is C24H16FNO9. The molecule has 1 aromatic heterocycles. The Bertz CT molecular complexity index is 1530. The number of aliphatic hydroxyl groups excluding tert-OH is 1. The van der Waals surface area contributed by atoms with Gasteiger partial charge in [0.15, 0.2) is 12.1 Å². The number of benzene rings is 3. The molecule has 0 saturated heterocycles. The largest absolute Gasteiger partial charge is 0.448 e. The van der Waals surface area contributed by atoms with E-state index in [2.05, 4.69) is 9.78 Å². The van der Waals surface area contributed by atoms with Crippen LogP contribution in [-0.2, 0) is 31.7 Å². The average molecular weight is 481 g/mol. The van der Waals surface area contributed by atoms with Crippen LogP contribution in [0.15, 0.2) is 54.6 Å². The van der Waals surface area contributed by atoms with Gasteiger partial charge in [-0.1, -0.05) is 30.3 Å². The minimum absolute atomic E-state index is 0.00718. The van der Waals surface area contributed by atoms with E-state index in [1.54, 1.807) is 41.0 Å². The Morgan fingerprint density at radius 1 is 1.11 bits per heavy atom. The second kappa shape index (κ2) is 8.17. The summed E-state index contributed by atoms with van der Waals surface area (Å²) in [6.45, 7) is 0.175. The third-order valence-electron chi connectivity index (χ3n) is 5.69. The summed E-state index contributed by atoms with van der Waals surface area (Å²) >= 11 is 0. The number of ether oxygens (including phenoxy) is 1. The molecule has 3 N–H and O–H groups in total. The summed E-state index contributed by atoms with van der Waals surface area (Å²) < 4.78 is 22.8. The fraction of sp³-hybridized carbons (Fsp3) is 0.125. The molecule has 178 valence electrons.